The molecule has 4 aliphatic carbocycles. The van der Waals surface area contributed by atoms with Crippen LogP contribution in [0.25, 0.3) is 0 Å². The molecule has 2 bridgehead atoms. The van der Waals surface area contributed by atoms with Crippen LogP contribution in [0.4, 0.5) is 35.1 Å². The number of fused-ring (bicyclic) bond motifs is 6. The Morgan fingerprint density at radius 3 is 1.89 bits per heavy atom. The van der Waals surface area contributed by atoms with Gasteiger partial charge < -0.3 is 10.0 Å². The molecule has 47 heavy (non-hydrogen) atoms. The van der Waals surface area contributed by atoms with E-state index in [1.54, 1.807) is 0 Å². The summed E-state index contributed by atoms with van der Waals surface area (Å²) in [5.74, 6) is -1.29. The minimum Gasteiger partial charge on any atom is -0.481 e. The lowest BCUT2D eigenvalue weighted by Gasteiger charge is -2.52. The number of hydrogen-bond acceptors (Lipinski definition) is 4. The Morgan fingerprint density at radius 1 is 0.830 bits per heavy atom. The Morgan fingerprint density at radius 2 is 1.38 bits per heavy atom. The number of amides is 1. The van der Waals surface area contributed by atoms with E-state index in [4.69, 9.17) is 0 Å². The number of carboxylic acids is 1. The summed E-state index contributed by atoms with van der Waals surface area (Å²) < 4.78 is 137. The van der Waals surface area contributed by atoms with Gasteiger partial charge in [0.1, 0.15) is 11.4 Å². The molecule has 7 rings (SSSR count). The molecule has 3 saturated carbocycles. The third-order valence-corrected chi connectivity index (χ3v) is 13.9. The molecule has 1 aliphatic heterocycles. The van der Waals surface area contributed by atoms with Gasteiger partial charge in [-0.1, -0.05) is 30.3 Å². The zero-order chi connectivity index (χ0) is 34.4. The normalized spacial score (nSPS) is 29.4. The van der Waals surface area contributed by atoms with Gasteiger partial charge in [0, 0.05) is 17.5 Å². The number of carboxylic acid groups (broad SMARTS) is 1. The Kier molecular flexibility index (Phi) is 7.62. The van der Waals surface area contributed by atoms with Crippen LogP contribution in [0.2, 0.25) is 0 Å². The van der Waals surface area contributed by atoms with Crippen molar-refractivity contribution in [2.45, 2.75) is 98.2 Å². The molecular weight excluding hydrogens is 662 g/mol. The van der Waals surface area contributed by atoms with E-state index in [1.807, 2.05) is 0 Å². The highest BCUT2D eigenvalue weighted by atomic mass is 32.2. The number of aliphatic carboxylic acids is 1. The molecule has 6 nitrogen and oxygen atoms in total. The molecule has 2 aromatic rings. The van der Waals surface area contributed by atoms with Gasteiger partial charge >= 0.3 is 24.0 Å². The molecule has 2 atom stereocenters. The van der Waals surface area contributed by atoms with Crippen LogP contribution < -0.4 is 0 Å². The standard InChI is InChI=1S/C32H31F8NO5S/c33-18-19-1-5-22(6-2-19)47(45,46)29-15-16-41(25(42)27-9-12-28(13-10-27,14-11-27)26(43)44)24(29)8-3-20-17-21(4-7-23(20)29)30(34,31(35,36)37)32(38,39)40/h1-2,4-7,17,24H,3,8-16,18H2,(H,43,44). The molecule has 1 N–H and O–H groups in total. The first-order valence-electron chi connectivity index (χ1n) is 15.2. The van der Waals surface area contributed by atoms with Crippen LogP contribution in [0.1, 0.15) is 73.6 Å². The number of aryl methyl sites for hydroxylation is 1. The largest absolute Gasteiger partial charge is 0.481 e. The summed E-state index contributed by atoms with van der Waals surface area (Å²) in [6.07, 6.45) is -11.7. The Hall–Kier alpha value is -3.23. The summed E-state index contributed by atoms with van der Waals surface area (Å²) in [6, 6.07) is 5.25. The third-order valence-electron chi connectivity index (χ3n) is 11.3. The van der Waals surface area contributed by atoms with Gasteiger partial charge in [0.2, 0.25) is 5.91 Å². The molecule has 0 aromatic heterocycles. The Balaban J connectivity index is 1.47. The number of carbonyl (C=O) groups excluding carboxylic acids is 1. The third kappa shape index (κ3) is 4.57. The molecule has 1 heterocycles. The van der Waals surface area contributed by atoms with Crippen LogP contribution in [0.5, 0.6) is 0 Å². The highest BCUT2D eigenvalue weighted by Crippen LogP contribution is 2.61. The van der Waals surface area contributed by atoms with Crippen molar-refractivity contribution in [1.29, 1.82) is 0 Å². The van der Waals surface area contributed by atoms with E-state index in [1.165, 1.54) is 17.0 Å². The molecule has 0 radical (unpaired) electrons. The number of benzene rings is 2. The lowest BCUT2D eigenvalue weighted by Crippen LogP contribution is -2.57. The number of hydrogen-bond donors (Lipinski definition) is 1. The average Bonchev–Trinajstić information content (AvgIpc) is 3.45. The second-order valence-electron chi connectivity index (χ2n) is 13.4. The minimum atomic E-state index is -6.37. The van der Waals surface area contributed by atoms with Gasteiger partial charge in [-0.3, -0.25) is 9.59 Å². The molecule has 1 amide bonds. The van der Waals surface area contributed by atoms with Crippen molar-refractivity contribution < 1.29 is 58.2 Å². The molecule has 2 aromatic carbocycles. The topological polar surface area (TPSA) is 91.8 Å². The number of alkyl halides is 8. The number of rotatable bonds is 6. The van der Waals surface area contributed by atoms with Crippen LogP contribution in [-0.2, 0) is 42.9 Å². The monoisotopic (exact) mass is 693 g/mol. The van der Waals surface area contributed by atoms with Crippen LogP contribution in [-0.4, -0.2) is 55.2 Å². The lowest BCUT2D eigenvalue weighted by molar-refractivity contribution is -0.348. The number of sulfone groups is 1. The number of halogens is 8. The molecule has 15 heteroatoms. The van der Waals surface area contributed by atoms with Crippen molar-refractivity contribution in [3.05, 3.63) is 64.7 Å². The highest BCUT2D eigenvalue weighted by Gasteiger charge is 2.74. The highest BCUT2D eigenvalue weighted by molar-refractivity contribution is 7.92. The van der Waals surface area contributed by atoms with Gasteiger partial charge in [0.05, 0.1) is 16.4 Å². The van der Waals surface area contributed by atoms with E-state index in [9.17, 15) is 53.8 Å². The predicted octanol–water partition coefficient (Wildman–Crippen LogP) is 7.09. The number of likely N-dealkylation sites (tertiary alicyclic amines) is 1. The van der Waals surface area contributed by atoms with E-state index in [0.29, 0.717) is 12.1 Å². The first-order valence-corrected chi connectivity index (χ1v) is 16.7. The van der Waals surface area contributed by atoms with E-state index in [2.05, 4.69) is 0 Å². The second kappa shape index (κ2) is 10.6. The fraction of sp³-hybridized carbons (Fsp3) is 0.562. The van der Waals surface area contributed by atoms with Gasteiger partial charge in [0.25, 0.3) is 0 Å². The van der Waals surface area contributed by atoms with Gasteiger partial charge in [-0.2, -0.15) is 26.3 Å². The first-order chi connectivity index (χ1) is 21.8. The maximum Gasteiger partial charge on any atom is 0.435 e. The van der Waals surface area contributed by atoms with Crippen molar-refractivity contribution in [3.63, 3.8) is 0 Å². The minimum absolute atomic E-state index is 0.101. The Bertz CT molecular complexity index is 1680. The zero-order valence-electron chi connectivity index (χ0n) is 24.9. The van der Waals surface area contributed by atoms with Crippen LogP contribution in [0.3, 0.4) is 0 Å². The molecule has 2 unspecified atom stereocenters. The molecular formula is C32H31F8NO5S. The van der Waals surface area contributed by atoms with Crippen molar-refractivity contribution in [3.8, 4) is 0 Å². The van der Waals surface area contributed by atoms with Crippen molar-refractivity contribution >= 4 is 21.7 Å². The van der Waals surface area contributed by atoms with Crippen molar-refractivity contribution in [2.24, 2.45) is 10.8 Å². The van der Waals surface area contributed by atoms with E-state index >= 15 is 4.39 Å². The molecule has 4 fully saturated rings. The molecule has 256 valence electrons. The Labute approximate surface area is 265 Å². The molecule has 5 aliphatic rings. The number of nitrogens with zero attached hydrogens (tertiary/aromatic N) is 1. The number of carbonyl (C=O) groups is 2. The van der Waals surface area contributed by atoms with E-state index in [-0.39, 0.29) is 91.8 Å². The fourth-order valence-corrected chi connectivity index (χ4v) is 10.9. The summed E-state index contributed by atoms with van der Waals surface area (Å²) in [7, 11) is -4.57. The summed E-state index contributed by atoms with van der Waals surface area (Å²) in [5.41, 5.74) is -9.48. The molecule has 0 spiro atoms. The van der Waals surface area contributed by atoms with Crippen molar-refractivity contribution in [1.82, 2.24) is 4.90 Å². The lowest BCUT2D eigenvalue weighted by atomic mass is 9.53. The van der Waals surface area contributed by atoms with Gasteiger partial charge in [-0.25, -0.2) is 17.2 Å². The zero-order valence-corrected chi connectivity index (χ0v) is 25.7. The van der Waals surface area contributed by atoms with Gasteiger partial charge in [-0.05, 0) is 86.6 Å². The van der Waals surface area contributed by atoms with Gasteiger partial charge in [0.15, 0.2) is 9.84 Å². The second-order valence-corrected chi connectivity index (χ2v) is 15.6. The maximum absolute atomic E-state index is 15.1. The van der Waals surface area contributed by atoms with Gasteiger partial charge in [-0.15, -0.1) is 0 Å². The molecule has 1 saturated heterocycles. The smallest absolute Gasteiger partial charge is 0.435 e. The SMILES string of the molecule is O=C(O)C12CCC(C(=O)N3CCC4(S(=O)(=O)c5ccc(CF)cc5)c5ccc(C(F)(C(F)(F)F)C(F)(F)F)cc5CCC34)(CC1)CC2. The summed E-state index contributed by atoms with van der Waals surface area (Å²) in [6.45, 7) is -0.993. The van der Waals surface area contributed by atoms with Crippen molar-refractivity contribution in [2.75, 3.05) is 6.54 Å². The first kappa shape index (κ1) is 33.7. The predicted molar refractivity (Wildman–Crippen MR) is 150 cm³/mol. The summed E-state index contributed by atoms with van der Waals surface area (Å²) >= 11 is 0. The summed E-state index contributed by atoms with van der Waals surface area (Å²) in [5, 5.41) is 9.79. The van der Waals surface area contributed by atoms with E-state index in [0.717, 1.165) is 18.2 Å². The summed E-state index contributed by atoms with van der Waals surface area (Å²) in [4.78, 5) is 27.5. The van der Waals surface area contributed by atoms with E-state index < -0.39 is 67.7 Å². The fourth-order valence-electron chi connectivity index (χ4n) is 8.57. The van der Waals surface area contributed by atoms with Crippen LogP contribution in [0, 0.1) is 10.8 Å². The van der Waals surface area contributed by atoms with Crippen LogP contribution in [0.15, 0.2) is 47.4 Å². The quantitative estimate of drug-likeness (QED) is 0.327. The van der Waals surface area contributed by atoms with Crippen LogP contribution >= 0.6 is 0 Å². The average molecular weight is 694 g/mol. The maximum atomic E-state index is 15.1.